The minimum Gasteiger partial charge on any atom is -0.481 e. The van der Waals surface area contributed by atoms with E-state index in [-0.39, 0.29) is 6.61 Å². The summed E-state index contributed by atoms with van der Waals surface area (Å²) in [5.41, 5.74) is 0.881. The van der Waals surface area contributed by atoms with E-state index < -0.39 is 24.0 Å². The first-order valence-electron chi connectivity index (χ1n) is 5.70. The van der Waals surface area contributed by atoms with Crippen LogP contribution in [0.15, 0.2) is 30.3 Å². The molecule has 0 unspecified atom stereocenters. The molecule has 0 aliphatic carbocycles. The van der Waals surface area contributed by atoms with E-state index in [2.05, 4.69) is 5.32 Å². The summed E-state index contributed by atoms with van der Waals surface area (Å²) in [4.78, 5) is 22.1. The van der Waals surface area contributed by atoms with Crippen LogP contribution in [-0.4, -0.2) is 23.2 Å². The van der Waals surface area contributed by atoms with Gasteiger partial charge in [0.15, 0.2) is 0 Å². The smallest absolute Gasteiger partial charge is 0.407 e. The van der Waals surface area contributed by atoms with Crippen LogP contribution in [-0.2, 0) is 16.1 Å². The molecule has 0 spiro atoms. The van der Waals surface area contributed by atoms with Gasteiger partial charge in [0.2, 0.25) is 0 Å². The van der Waals surface area contributed by atoms with E-state index in [1.54, 1.807) is 6.92 Å². The van der Waals surface area contributed by atoms with Crippen LogP contribution in [0.1, 0.15) is 19.4 Å². The molecule has 0 aromatic heterocycles. The van der Waals surface area contributed by atoms with Crippen molar-refractivity contribution in [3.8, 4) is 0 Å². The fourth-order valence-electron chi connectivity index (χ4n) is 1.29. The number of benzene rings is 1. The summed E-state index contributed by atoms with van der Waals surface area (Å²) in [6.07, 6.45) is -0.612. The molecule has 18 heavy (non-hydrogen) atoms. The molecule has 5 nitrogen and oxygen atoms in total. The predicted molar refractivity (Wildman–Crippen MR) is 66.0 cm³/mol. The maximum atomic E-state index is 11.4. The van der Waals surface area contributed by atoms with Gasteiger partial charge in [-0.25, -0.2) is 4.79 Å². The van der Waals surface area contributed by atoms with E-state index >= 15 is 0 Å². The van der Waals surface area contributed by atoms with Crippen LogP contribution in [0.25, 0.3) is 0 Å². The number of hydrogen-bond donors (Lipinski definition) is 2. The molecule has 1 aromatic rings. The molecule has 98 valence electrons. The Hall–Kier alpha value is -2.04. The number of amides is 1. The molecule has 0 saturated heterocycles. The lowest BCUT2D eigenvalue weighted by Crippen LogP contribution is -2.40. The zero-order chi connectivity index (χ0) is 13.5. The summed E-state index contributed by atoms with van der Waals surface area (Å²) in [6.45, 7) is 3.33. The summed E-state index contributed by atoms with van der Waals surface area (Å²) >= 11 is 0. The van der Waals surface area contributed by atoms with Crippen molar-refractivity contribution >= 4 is 12.1 Å². The zero-order valence-electron chi connectivity index (χ0n) is 10.4. The minimum absolute atomic E-state index is 0.168. The van der Waals surface area contributed by atoms with Gasteiger partial charge in [0.1, 0.15) is 6.61 Å². The van der Waals surface area contributed by atoms with E-state index in [1.807, 2.05) is 30.3 Å². The normalized spacial score (nSPS) is 13.4. The highest BCUT2D eigenvalue weighted by molar-refractivity contribution is 5.73. The Morgan fingerprint density at radius 2 is 1.89 bits per heavy atom. The Morgan fingerprint density at radius 3 is 2.44 bits per heavy atom. The maximum Gasteiger partial charge on any atom is 0.407 e. The highest BCUT2D eigenvalue weighted by Gasteiger charge is 2.21. The number of rotatable bonds is 5. The summed E-state index contributed by atoms with van der Waals surface area (Å²) in [6, 6.07) is 8.79. The zero-order valence-corrected chi connectivity index (χ0v) is 10.4. The Labute approximate surface area is 106 Å². The van der Waals surface area contributed by atoms with Gasteiger partial charge in [0, 0.05) is 6.04 Å². The van der Waals surface area contributed by atoms with Crippen LogP contribution in [0.4, 0.5) is 4.79 Å². The van der Waals surface area contributed by atoms with Crippen molar-refractivity contribution in [1.29, 1.82) is 0 Å². The van der Waals surface area contributed by atoms with E-state index in [4.69, 9.17) is 9.84 Å². The van der Waals surface area contributed by atoms with E-state index in [0.29, 0.717) is 0 Å². The average Bonchev–Trinajstić information content (AvgIpc) is 2.36. The van der Waals surface area contributed by atoms with E-state index in [1.165, 1.54) is 6.92 Å². The Morgan fingerprint density at radius 1 is 1.28 bits per heavy atom. The van der Waals surface area contributed by atoms with Gasteiger partial charge in [-0.2, -0.15) is 0 Å². The molecule has 0 heterocycles. The van der Waals surface area contributed by atoms with Gasteiger partial charge in [-0.05, 0) is 19.4 Å². The number of carbonyl (C=O) groups excluding carboxylic acids is 1. The lowest BCUT2D eigenvalue weighted by molar-refractivity contribution is -0.141. The Kier molecular flexibility index (Phi) is 5.17. The molecule has 0 radical (unpaired) electrons. The molecule has 0 aliphatic rings. The second kappa shape index (κ2) is 6.64. The quantitative estimate of drug-likeness (QED) is 0.839. The predicted octanol–water partition coefficient (Wildman–Crippen LogP) is 2.02. The Balaban J connectivity index is 2.36. The van der Waals surface area contributed by atoms with Crippen LogP contribution >= 0.6 is 0 Å². The van der Waals surface area contributed by atoms with Crippen LogP contribution < -0.4 is 5.32 Å². The molecule has 2 atom stereocenters. The highest BCUT2D eigenvalue weighted by Crippen LogP contribution is 2.04. The van der Waals surface area contributed by atoms with E-state index in [0.717, 1.165) is 5.56 Å². The molecule has 0 bridgehead atoms. The van der Waals surface area contributed by atoms with Gasteiger partial charge in [0.05, 0.1) is 5.92 Å². The summed E-state index contributed by atoms with van der Waals surface area (Å²) in [5, 5.41) is 11.3. The molecular weight excluding hydrogens is 234 g/mol. The third kappa shape index (κ3) is 4.45. The first-order chi connectivity index (χ1) is 8.50. The summed E-state index contributed by atoms with van der Waals surface area (Å²) in [7, 11) is 0. The number of ether oxygens (including phenoxy) is 1. The van der Waals surface area contributed by atoms with Crippen LogP contribution in [0, 0.1) is 5.92 Å². The number of aliphatic carboxylic acids is 1. The molecule has 5 heteroatoms. The van der Waals surface area contributed by atoms with Crippen molar-refractivity contribution in [3.05, 3.63) is 35.9 Å². The largest absolute Gasteiger partial charge is 0.481 e. The first-order valence-corrected chi connectivity index (χ1v) is 5.70. The Bertz CT molecular complexity index is 405. The first kappa shape index (κ1) is 14.0. The fraction of sp³-hybridized carbons (Fsp3) is 0.385. The van der Waals surface area contributed by atoms with Crippen LogP contribution in [0.2, 0.25) is 0 Å². The lowest BCUT2D eigenvalue weighted by atomic mass is 10.1. The second-order valence-electron chi connectivity index (χ2n) is 4.12. The van der Waals surface area contributed by atoms with Crippen molar-refractivity contribution in [2.24, 2.45) is 5.92 Å². The minimum atomic E-state index is -0.953. The monoisotopic (exact) mass is 251 g/mol. The standard InChI is InChI=1S/C13H17NO4/c1-9(12(15)16)10(2)14-13(17)18-8-11-6-4-3-5-7-11/h3-7,9-10H,8H2,1-2H3,(H,14,17)(H,15,16)/t9-,10-/m0/s1. The molecule has 0 saturated carbocycles. The molecular formula is C13H17NO4. The molecule has 1 rings (SSSR count). The van der Waals surface area contributed by atoms with Gasteiger partial charge in [0.25, 0.3) is 0 Å². The summed E-state index contributed by atoms with van der Waals surface area (Å²) in [5.74, 6) is -1.61. The maximum absolute atomic E-state index is 11.4. The second-order valence-corrected chi connectivity index (χ2v) is 4.12. The SMILES string of the molecule is C[C@H](NC(=O)OCc1ccccc1)[C@H](C)C(=O)O. The molecule has 2 N–H and O–H groups in total. The third-order valence-electron chi connectivity index (χ3n) is 2.70. The van der Waals surface area contributed by atoms with Crippen LogP contribution in [0.5, 0.6) is 0 Å². The van der Waals surface area contributed by atoms with Crippen molar-refractivity contribution in [3.63, 3.8) is 0 Å². The van der Waals surface area contributed by atoms with Crippen molar-refractivity contribution < 1.29 is 19.4 Å². The van der Waals surface area contributed by atoms with Gasteiger partial charge >= 0.3 is 12.1 Å². The molecule has 0 fully saturated rings. The van der Waals surface area contributed by atoms with Gasteiger partial charge in [-0.15, -0.1) is 0 Å². The molecule has 0 aliphatic heterocycles. The van der Waals surface area contributed by atoms with Gasteiger partial charge in [-0.1, -0.05) is 30.3 Å². The number of carbonyl (C=O) groups is 2. The number of hydrogen-bond acceptors (Lipinski definition) is 3. The number of alkyl carbamates (subject to hydrolysis) is 1. The van der Waals surface area contributed by atoms with Gasteiger partial charge in [-0.3, -0.25) is 4.79 Å². The third-order valence-corrected chi connectivity index (χ3v) is 2.70. The summed E-state index contributed by atoms with van der Waals surface area (Å²) < 4.78 is 4.99. The molecule has 1 aromatic carbocycles. The van der Waals surface area contributed by atoms with Gasteiger partial charge < -0.3 is 15.2 Å². The number of nitrogens with one attached hydrogen (secondary N) is 1. The lowest BCUT2D eigenvalue weighted by Gasteiger charge is -2.17. The fourth-order valence-corrected chi connectivity index (χ4v) is 1.29. The number of carboxylic acids is 1. The van der Waals surface area contributed by atoms with Crippen molar-refractivity contribution in [1.82, 2.24) is 5.32 Å². The van der Waals surface area contributed by atoms with Crippen molar-refractivity contribution in [2.45, 2.75) is 26.5 Å². The highest BCUT2D eigenvalue weighted by atomic mass is 16.5. The van der Waals surface area contributed by atoms with Crippen LogP contribution in [0.3, 0.4) is 0 Å². The van der Waals surface area contributed by atoms with E-state index in [9.17, 15) is 9.59 Å². The van der Waals surface area contributed by atoms with Crippen molar-refractivity contribution in [2.75, 3.05) is 0 Å². The number of carboxylic acid groups (broad SMARTS) is 1. The molecule has 1 amide bonds. The average molecular weight is 251 g/mol. The topological polar surface area (TPSA) is 75.6 Å².